The van der Waals surface area contributed by atoms with Gasteiger partial charge in [0.2, 0.25) is 5.91 Å². The monoisotopic (exact) mass is 303 g/mol. The lowest BCUT2D eigenvalue weighted by Gasteiger charge is -2.14. The Balaban J connectivity index is 1.80. The van der Waals surface area contributed by atoms with E-state index in [2.05, 4.69) is 20.4 Å². The molecule has 2 aromatic rings. The largest absolute Gasteiger partial charge is 0.346 e. The molecule has 2 aromatic heterocycles. The molecule has 0 aliphatic rings. The maximum Gasteiger partial charge on any atom is 0.220 e. The van der Waals surface area contributed by atoms with Gasteiger partial charge in [0.15, 0.2) is 0 Å². The molecular formula is C16H25N5O. The number of nitrogens with one attached hydrogen (secondary N) is 2. The zero-order chi connectivity index (χ0) is 16.1. The molecule has 1 unspecified atom stereocenters. The van der Waals surface area contributed by atoms with Gasteiger partial charge in [-0.2, -0.15) is 5.10 Å². The normalized spacial score (nSPS) is 12.4. The molecule has 0 radical (unpaired) electrons. The van der Waals surface area contributed by atoms with E-state index in [1.165, 1.54) is 0 Å². The standard InChI is InChI=1S/C16H25N5O/c1-5-14(16-17-10-12(3)18-16)19-15(22)7-6-8-21-13(4)9-11(2)20-21/h9-10,14H,5-8H2,1-4H3,(H,17,18)(H,19,22). The number of H-pyrrole nitrogens is 1. The number of carbonyl (C=O) groups is 1. The number of aromatic nitrogens is 4. The molecular weight excluding hydrogens is 278 g/mol. The van der Waals surface area contributed by atoms with Gasteiger partial charge in [0, 0.05) is 30.6 Å². The molecule has 120 valence electrons. The maximum absolute atomic E-state index is 12.1. The first-order chi connectivity index (χ1) is 10.5. The molecule has 0 saturated carbocycles. The molecule has 0 saturated heterocycles. The topological polar surface area (TPSA) is 75.6 Å². The van der Waals surface area contributed by atoms with Crippen molar-refractivity contribution in [2.45, 2.75) is 59.5 Å². The number of aryl methyl sites for hydroxylation is 4. The van der Waals surface area contributed by atoms with E-state index < -0.39 is 0 Å². The summed E-state index contributed by atoms with van der Waals surface area (Å²) in [6, 6.07) is 2.00. The van der Waals surface area contributed by atoms with E-state index >= 15 is 0 Å². The smallest absolute Gasteiger partial charge is 0.220 e. The van der Waals surface area contributed by atoms with Crippen molar-refractivity contribution < 1.29 is 4.79 Å². The van der Waals surface area contributed by atoms with Gasteiger partial charge >= 0.3 is 0 Å². The zero-order valence-corrected chi connectivity index (χ0v) is 13.8. The minimum atomic E-state index is -0.0464. The van der Waals surface area contributed by atoms with Crippen LogP contribution in [0.3, 0.4) is 0 Å². The minimum absolute atomic E-state index is 0.0464. The number of imidazole rings is 1. The van der Waals surface area contributed by atoms with Crippen molar-refractivity contribution in [2.75, 3.05) is 0 Å². The molecule has 1 amide bonds. The Hall–Kier alpha value is -2.11. The molecule has 6 nitrogen and oxygen atoms in total. The van der Waals surface area contributed by atoms with Crippen molar-refractivity contribution in [2.24, 2.45) is 0 Å². The SMILES string of the molecule is CCC(NC(=O)CCCn1nc(C)cc1C)c1ncc(C)[nH]1. The zero-order valence-electron chi connectivity index (χ0n) is 13.8. The van der Waals surface area contributed by atoms with Gasteiger partial charge in [-0.3, -0.25) is 9.48 Å². The van der Waals surface area contributed by atoms with Crippen molar-refractivity contribution in [3.05, 3.63) is 35.2 Å². The fraction of sp³-hybridized carbons (Fsp3) is 0.562. The predicted molar refractivity (Wildman–Crippen MR) is 85.4 cm³/mol. The van der Waals surface area contributed by atoms with E-state index in [4.69, 9.17) is 0 Å². The summed E-state index contributed by atoms with van der Waals surface area (Å²) in [6.07, 6.45) is 3.87. The number of hydrogen-bond acceptors (Lipinski definition) is 3. The predicted octanol–water partition coefficient (Wildman–Crippen LogP) is 2.58. The second-order valence-electron chi connectivity index (χ2n) is 5.73. The summed E-state index contributed by atoms with van der Waals surface area (Å²) in [4.78, 5) is 19.6. The van der Waals surface area contributed by atoms with Crippen LogP contribution in [0.4, 0.5) is 0 Å². The van der Waals surface area contributed by atoms with Gasteiger partial charge in [0.1, 0.15) is 5.82 Å². The Morgan fingerprint density at radius 1 is 1.41 bits per heavy atom. The first-order valence-corrected chi connectivity index (χ1v) is 7.81. The lowest BCUT2D eigenvalue weighted by Crippen LogP contribution is -2.29. The van der Waals surface area contributed by atoms with Gasteiger partial charge in [-0.1, -0.05) is 6.92 Å². The maximum atomic E-state index is 12.1. The van der Waals surface area contributed by atoms with Gasteiger partial charge in [-0.05, 0) is 39.7 Å². The Morgan fingerprint density at radius 3 is 2.73 bits per heavy atom. The third-order valence-electron chi connectivity index (χ3n) is 3.67. The third-order valence-corrected chi connectivity index (χ3v) is 3.67. The van der Waals surface area contributed by atoms with E-state index in [0.29, 0.717) is 6.42 Å². The van der Waals surface area contributed by atoms with E-state index in [9.17, 15) is 4.79 Å². The molecule has 0 aromatic carbocycles. The van der Waals surface area contributed by atoms with Crippen LogP contribution in [0.2, 0.25) is 0 Å². The summed E-state index contributed by atoms with van der Waals surface area (Å²) in [6.45, 7) is 8.78. The van der Waals surface area contributed by atoms with E-state index in [0.717, 1.165) is 42.3 Å². The fourth-order valence-corrected chi connectivity index (χ4v) is 2.53. The molecule has 2 rings (SSSR count). The lowest BCUT2D eigenvalue weighted by atomic mass is 10.2. The van der Waals surface area contributed by atoms with Crippen LogP contribution in [-0.2, 0) is 11.3 Å². The molecule has 1 atom stereocenters. The van der Waals surface area contributed by atoms with Crippen LogP contribution in [-0.4, -0.2) is 25.7 Å². The van der Waals surface area contributed by atoms with Crippen LogP contribution >= 0.6 is 0 Å². The van der Waals surface area contributed by atoms with E-state index in [1.54, 1.807) is 6.20 Å². The number of amides is 1. The summed E-state index contributed by atoms with van der Waals surface area (Å²) < 4.78 is 1.95. The Morgan fingerprint density at radius 2 is 2.18 bits per heavy atom. The molecule has 0 aliphatic carbocycles. The summed E-state index contributed by atoms with van der Waals surface area (Å²) in [5.41, 5.74) is 3.16. The van der Waals surface area contributed by atoms with E-state index in [-0.39, 0.29) is 11.9 Å². The van der Waals surface area contributed by atoms with Crippen LogP contribution in [0, 0.1) is 20.8 Å². The van der Waals surface area contributed by atoms with Crippen LogP contribution in [0.25, 0.3) is 0 Å². The third kappa shape index (κ3) is 4.19. The number of rotatable bonds is 7. The van der Waals surface area contributed by atoms with Crippen molar-refractivity contribution in [1.29, 1.82) is 0 Å². The number of hydrogen-bond donors (Lipinski definition) is 2. The molecule has 2 N–H and O–H groups in total. The lowest BCUT2D eigenvalue weighted by molar-refractivity contribution is -0.122. The Labute approximate surface area is 131 Å². The second kappa shape index (κ2) is 7.24. The Bertz CT molecular complexity index is 628. The molecule has 0 bridgehead atoms. The number of aromatic amines is 1. The second-order valence-corrected chi connectivity index (χ2v) is 5.73. The molecule has 0 spiro atoms. The van der Waals surface area contributed by atoms with Crippen LogP contribution in [0.5, 0.6) is 0 Å². The summed E-state index contributed by atoms with van der Waals surface area (Å²) in [7, 11) is 0. The van der Waals surface area contributed by atoms with Crippen molar-refractivity contribution >= 4 is 5.91 Å². The summed E-state index contributed by atoms with van der Waals surface area (Å²) in [5, 5.41) is 7.44. The highest BCUT2D eigenvalue weighted by Gasteiger charge is 2.15. The van der Waals surface area contributed by atoms with Crippen molar-refractivity contribution in [1.82, 2.24) is 25.1 Å². The minimum Gasteiger partial charge on any atom is -0.346 e. The highest BCUT2D eigenvalue weighted by Crippen LogP contribution is 2.13. The molecule has 6 heteroatoms. The highest BCUT2D eigenvalue weighted by molar-refractivity contribution is 5.76. The number of nitrogens with zero attached hydrogens (tertiary/aromatic N) is 3. The van der Waals surface area contributed by atoms with Crippen LogP contribution < -0.4 is 5.32 Å². The van der Waals surface area contributed by atoms with E-state index in [1.807, 2.05) is 38.4 Å². The van der Waals surface area contributed by atoms with Gasteiger partial charge in [0.05, 0.1) is 11.7 Å². The van der Waals surface area contributed by atoms with Gasteiger partial charge < -0.3 is 10.3 Å². The van der Waals surface area contributed by atoms with Gasteiger partial charge in [-0.25, -0.2) is 4.98 Å². The average molecular weight is 303 g/mol. The summed E-state index contributed by atoms with van der Waals surface area (Å²) >= 11 is 0. The summed E-state index contributed by atoms with van der Waals surface area (Å²) in [5.74, 6) is 0.884. The fourth-order valence-electron chi connectivity index (χ4n) is 2.53. The Kier molecular flexibility index (Phi) is 5.35. The average Bonchev–Trinajstić information content (AvgIpc) is 3.02. The first-order valence-electron chi connectivity index (χ1n) is 7.81. The molecule has 2 heterocycles. The van der Waals surface area contributed by atoms with Crippen molar-refractivity contribution in [3.8, 4) is 0 Å². The van der Waals surface area contributed by atoms with Crippen LogP contribution in [0.1, 0.15) is 55.1 Å². The molecule has 22 heavy (non-hydrogen) atoms. The quantitative estimate of drug-likeness (QED) is 0.825. The number of carbonyl (C=O) groups excluding carboxylic acids is 1. The van der Waals surface area contributed by atoms with Crippen LogP contribution in [0.15, 0.2) is 12.3 Å². The first kappa shape index (κ1) is 16.3. The molecule has 0 aliphatic heterocycles. The van der Waals surface area contributed by atoms with Gasteiger partial charge in [-0.15, -0.1) is 0 Å². The van der Waals surface area contributed by atoms with Gasteiger partial charge in [0.25, 0.3) is 0 Å². The highest BCUT2D eigenvalue weighted by atomic mass is 16.1. The van der Waals surface area contributed by atoms with Crippen molar-refractivity contribution in [3.63, 3.8) is 0 Å². The molecule has 0 fully saturated rings.